The Morgan fingerprint density at radius 2 is 1.90 bits per heavy atom. The van der Waals surface area contributed by atoms with Crippen LogP contribution in [0, 0.1) is 11.6 Å². The fraction of sp³-hybridized carbons (Fsp3) is 0.250. The van der Waals surface area contributed by atoms with E-state index < -0.39 is 29.2 Å². The maximum absolute atomic E-state index is 15.1. The number of benzene rings is 2. The van der Waals surface area contributed by atoms with Crippen LogP contribution in [0.5, 0.6) is 5.75 Å². The summed E-state index contributed by atoms with van der Waals surface area (Å²) in [6.45, 7) is 1.37. The second-order valence-electron chi connectivity index (χ2n) is 9.16. The molecule has 0 bridgehead atoms. The molecule has 0 aliphatic carbocycles. The molecule has 3 aromatic rings. The zero-order valence-corrected chi connectivity index (χ0v) is 21.5. The van der Waals surface area contributed by atoms with Crippen LogP contribution in [0.4, 0.5) is 14.6 Å². The van der Waals surface area contributed by atoms with E-state index in [2.05, 4.69) is 10.3 Å². The highest BCUT2D eigenvalue weighted by Crippen LogP contribution is 2.42. The molecule has 2 amide bonds. The molecule has 1 atom stereocenters. The molecule has 8 nitrogen and oxygen atoms in total. The Balaban J connectivity index is 1.30. The number of aromatic nitrogens is 1. The number of pyridine rings is 1. The lowest BCUT2D eigenvalue weighted by atomic mass is 9.95. The van der Waals surface area contributed by atoms with Gasteiger partial charge in [0.15, 0.2) is 0 Å². The zero-order valence-electron chi connectivity index (χ0n) is 20.8. The van der Waals surface area contributed by atoms with Gasteiger partial charge in [-0.05, 0) is 53.1 Å². The van der Waals surface area contributed by atoms with E-state index in [0.717, 1.165) is 17.7 Å². The van der Waals surface area contributed by atoms with Crippen molar-refractivity contribution in [3.8, 4) is 16.9 Å². The third kappa shape index (κ3) is 5.86. The van der Waals surface area contributed by atoms with Gasteiger partial charge in [-0.25, -0.2) is 13.8 Å². The molecule has 39 heavy (non-hydrogen) atoms. The Kier molecular flexibility index (Phi) is 7.76. The van der Waals surface area contributed by atoms with Crippen molar-refractivity contribution >= 4 is 35.3 Å². The summed E-state index contributed by atoms with van der Waals surface area (Å²) >= 11 is 6.35. The minimum atomic E-state index is -0.948. The summed E-state index contributed by atoms with van der Waals surface area (Å²) in [6.07, 6.45) is 4.45. The minimum Gasteiger partial charge on any atom is -0.486 e. The Labute approximate surface area is 228 Å². The quantitative estimate of drug-likeness (QED) is 0.448. The molecule has 11 heteroatoms. The molecule has 0 saturated carbocycles. The topological polar surface area (TPSA) is 107 Å². The zero-order chi connectivity index (χ0) is 27.5. The molecular weight excluding hydrogens is 530 g/mol. The number of anilines is 1. The van der Waals surface area contributed by atoms with E-state index >= 15 is 8.78 Å². The average Bonchev–Trinajstić information content (AvgIpc) is 3.37. The van der Waals surface area contributed by atoms with Crippen molar-refractivity contribution in [2.75, 3.05) is 38.6 Å². The predicted octanol–water partition coefficient (Wildman–Crippen LogP) is 3.87. The third-order valence-electron chi connectivity index (χ3n) is 6.53. The Morgan fingerprint density at radius 1 is 1.15 bits per heavy atom. The van der Waals surface area contributed by atoms with Crippen molar-refractivity contribution in [3.05, 3.63) is 82.0 Å². The molecule has 1 saturated heterocycles. The van der Waals surface area contributed by atoms with Crippen LogP contribution in [-0.4, -0.2) is 60.7 Å². The van der Waals surface area contributed by atoms with E-state index in [0.29, 0.717) is 47.4 Å². The molecule has 3 heterocycles. The van der Waals surface area contributed by atoms with Crippen molar-refractivity contribution < 1.29 is 27.8 Å². The van der Waals surface area contributed by atoms with E-state index in [9.17, 15) is 9.59 Å². The van der Waals surface area contributed by atoms with Gasteiger partial charge in [-0.2, -0.15) is 0 Å². The summed E-state index contributed by atoms with van der Waals surface area (Å²) in [7, 11) is 0. The van der Waals surface area contributed by atoms with Crippen molar-refractivity contribution in [1.29, 1.82) is 0 Å². The molecule has 0 spiro atoms. The number of fused-ring (bicyclic) bond motifs is 1. The summed E-state index contributed by atoms with van der Waals surface area (Å²) in [5, 5.41) is 3.12. The predicted molar refractivity (Wildman–Crippen MR) is 142 cm³/mol. The molecule has 1 unspecified atom stereocenters. The van der Waals surface area contributed by atoms with Crippen molar-refractivity contribution in [2.24, 2.45) is 0 Å². The van der Waals surface area contributed by atoms with Gasteiger partial charge in [0, 0.05) is 37.3 Å². The van der Waals surface area contributed by atoms with Gasteiger partial charge in [-0.15, -0.1) is 0 Å². The van der Waals surface area contributed by atoms with Crippen LogP contribution in [-0.2, 0) is 16.0 Å². The van der Waals surface area contributed by atoms with Crippen LogP contribution in [0.15, 0.2) is 48.7 Å². The molecule has 2 aliphatic heterocycles. The van der Waals surface area contributed by atoms with E-state index in [1.54, 1.807) is 36.5 Å². The number of amides is 2. The van der Waals surface area contributed by atoms with Crippen LogP contribution in [0.3, 0.4) is 0 Å². The molecule has 1 aromatic heterocycles. The van der Waals surface area contributed by atoms with Crippen molar-refractivity contribution in [2.45, 2.75) is 12.5 Å². The second-order valence-corrected chi connectivity index (χ2v) is 9.57. The van der Waals surface area contributed by atoms with Gasteiger partial charge in [0.25, 0.3) is 5.91 Å². The fourth-order valence-corrected chi connectivity index (χ4v) is 4.79. The number of nitrogens with one attached hydrogen (secondary N) is 1. The lowest BCUT2D eigenvalue weighted by Crippen LogP contribution is -2.41. The largest absolute Gasteiger partial charge is 0.486 e. The summed E-state index contributed by atoms with van der Waals surface area (Å²) in [6, 6.07) is 8.91. The first kappa shape index (κ1) is 26.6. The molecule has 1 fully saturated rings. The number of nitrogens with zero attached hydrogens (tertiary/aromatic N) is 2. The van der Waals surface area contributed by atoms with Crippen LogP contribution in [0.1, 0.15) is 21.5 Å². The number of carbonyl (C=O) groups excluding carboxylic acids is 2. The minimum absolute atomic E-state index is 0.184. The SMILES string of the molecule is Nc1ccc(/C=C/C(=O)NCC2Cc3c(-c4cc(F)c(C(=O)N5CCOCC5)c(F)c4)ccc(Cl)c3O2)cn1. The summed E-state index contributed by atoms with van der Waals surface area (Å²) in [5.41, 5.74) is 7.14. The Hall–Kier alpha value is -4.02. The molecule has 3 N–H and O–H groups in total. The fourth-order valence-electron chi connectivity index (χ4n) is 4.57. The van der Waals surface area contributed by atoms with E-state index in [1.165, 1.54) is 11.0 Å². The molecular formula is C28H25ClF2N4O4. The van der Waals surface area contributed by atoms with Gasteiger partial charge in [0.1, 0.15) is 34.9 Å². The monoisotopic (exact) mass is 554 g/mol. The number of ether oxygens (including phenoxy) is 2. The van der Waals surface area contributed by atoms with Crippen LogP contribution >= 0.6 is 11.6 Å². The summed E-state index contributed by atoms with van der Waals surface area (Å²) < 4.78 is 41.4. The number of rotatable bonds is 6. The van der Waals surface area contributed by atoms with Crippen LogP contribution in [0.25, 0.3) is 17.2 Å². The Morgan fingerprint density at radius 3 is 2.59 bits per heavy atom. The van der Waals surface area contributed by atoms with Gasteiger partial charge in [-0.1, -0.05) is 17.7 Å². The molecule has 2 aliphatic rings. The number of carbonyl (C=O) groups is 2. The second kappa shape index (κ2) is 11.4. The van der Waals surface area contributed by atoms with Crippen molar-refractivity contribution in [1.82, 2.24) is 15.2 Å². The van der Waals surface area contributed by atoms with Gasteiger partial charge < -0.3 is 25.4 Å². The van der Waals surface area contributed by atoms with Gasteiger partial charge >= 0.3 is 0 Å². The van der Waals surface area contributed by atoms with E-state index in [4.69, 9.17) is 26.8 Å². The van der Waals surface area contributed by atoms with Crippen LogP contribution in [0.2, 0.25) is 5.02 Å². The lowest BCUT2D eigenvalue weighted by molar-refractivity contribution is -0.116. The van der Waals surface area contributed by atoms with Crippen molar-refractivity contribution in [3.63, 3.8) is 0 Å². The number of nitrogen functional groups attached to an aromatic ring is 1. The van der Waals surface area contributed by atoms with Gasteiger partial charge in [-0.3, -0.25) is 9.59 Å². The van der Waals surface area contributed by atoms with Gasteiger partial charge in [0.05, 0.1) is 24.8 Å². The van der Waals surface area contributed by atoms with Crippen LogP contribution < -0.4 is 15.8 Å². The van der Waals surface area contributed by atoms with Gasteiger partial charge in [0.2, 0.25) is 5.91 Å². The highest BCUT2D eigenvalue weighted by atomic mass is 35.5. The molecule has 5 rings (SSSR count). The normalized spacial score (nSPS) is 16.7. The van der Waals surface area contributed by atoms with E-state index in [-0.39, 0.29) is 31.1 Å². The number of nitrogens with two attached hydrogens (primary N) is 1. The average molecular weight is 555 g/mol. The standard InChI is InChI=1S/C28H25ClF2N4O4/c29-21-4-3-19(17-11-22(30)26(23(31)12-17)28(37)35-7-9-38-10-8-35)20-13-18(39-27(20)21)15-34-25(36)6-2-16-1-5-24(32)33-14-16/h1-6,11-12,14,18H,7-10,13,15H2,(H2,32,33)(H,34,36)/b6-2+. The Bertz CT molecular complexity index is 1420. The number of hydrogen-bond donors (Lipinski definition) is 2. The summed E-state index contributed by atoms with van der Waals surface area (Å²) in [5.74, 6) is -2.15. The number of hydrogen-bond acceptors (Lipinski definition) is 6. The molecule has 202 valence electrons. The molecule has 0 radical (unpaired) electrons. The highest BCUT2D eigenvalue weighted by Gasteiger charge is 2.30. The lowest BCUT2D eigenvalue weighted by Gasteiger charge is -2.27. The summed E-state index contributed by atoms with van der Waals surface area (Å²) in [4.78, 5) is 30.4. The first-order chi connectivity index (χ1) is 18.8. The smallest absolute Gasteiger partial charge is 0.259 e. The van der Waals surface area contributed by atoms with E-state index in [1.807, 2.05) is 0 Å². The molecule has 2 aromatic carbocycles. The highest BCUT2D eigenvalue weighted by molar-refractivity contribution is 6.32. The number of morpholine rings is 1. The first-order valence-electron chi connectivity index (χ1n) is 12.3. The maximum Gasteiger partial charge on any atom is 0.259 e. The third-order valence-corrected chi connectivity index (χ3v) is 6.83. The first-order valence-corrected chi connectivity index (χ1v) is 12.7. The maximum atomic E-state index is 15.1. The number of halogens is 3.